The molecule has 2 aromatic carbocycles. The van der Waals surface area contributed by atoms with Crippen molar-refractivity contribution in [1.82, 2.24) is 5.32 Å². The van der Waals surface area contributed by atoms with Gasteiger partial charge in [0.1, 0.15) is 5.75 Å². The summed E-state index contributed by atoms with van der Waals surface area (Å²) in [4.78, 5) is 24.2. The number of hydrogen-bond acceptors (Lipinski definition) is 3. The largest absolute Gasteiger partial charge is 0.496 e. The SMILES string of the molecule is COc1ccccc1CNC(=O)CCC(=O)c1ccc(C)c(C)c1. The number of carbonyl (C=O) groups excluding carboxylic acids is 2. The van der Waals surface area contributed by atoms with Crippen molar-refractivity contribution in [2.24, 2.45) is 0 Å². The summed E-state index contributed by atoms with van der Waals surface area (Å²) in [6.45, 7) is 4.38. The molecule has 0 saturated carbocycles. The lowest BCUT2D eigenvalue weighted by molar-refractivity contribution is -0.121. The number of amides is 1. The van der Waals surface area contributed by atoms with E-state index >= 15 is 0 Å². The third-order valence-corrected chi connectivity index (χ3v) is 4.08. The molecular weight excluding hydrogens is 302 g/mol. The maximum atomic E-state index is 12.2. The molecule has 2 rings (SSSR count). The minimum Gasteiger partial charge on any atom is -0.496 e. The van der Waals surface area contributed by atoms with Crippen LogP contribution in [0.4, 0.5) is 0 Å². The number of methoxy groups -OCH3 is 1. The van der Waals surface area contributed by atoms with E-state index in [1.54, 1.807) is 7.11 Å². The first-order valence-electron chi connectivity index (χ1n) is 8.00. The zero-order valence-corrected chi connectivity index (χ0v) is 14.4. The van der Waals surface area contributed by atoms with Gasteiger partial charge < -0.3 is 10.1 Å². The van der Waals surface area contributed by atoms with E-state index in [0.717, 1.165) is 22.4 Å². The Morgan fingerprint density at radius 2 is 1.75 bits per heavy atom. The van der Waals surface area contributed by atoms with Crippen LogP contribution >= 0.6 is 0 Å². The number of ether oxygens (including phenoxy) is 1. The van der Waals surface area contributed by atoms with Gasteiger partial charge in [0.2, 0.25) is 5.91 Å². The van der Waals surface area contributed by atoms with Crippen LogP contribution in [0.25, 0.3) is 0 Å². The van der Waals surface area contributed by atoms with Crippen LogP contribution < -0.4 is 10.1 Å². The highest BCUT2D eigenvalue weighted by molar-refractivity contribution is 5.98. The van der Waals surface area contributed by atoms with Crippen molar-refractivity contribution < 1.29 is 14.3 Å². The summed E-state index contributed by atoms with van der Waals surface area (Å²) < 4.78 is 5.25. The van der Waals surface area contributed by atoms with E-state index in [1.807, 2.05) is 56.3 Å². The summed E-state index contributed by atoms with van der Waals surface area (Å²) in [6, 6.07) is 13.2. The maximum absolute atomic E-state index is 12.2. The van der Waals surface area contributed by atoms with E-state index < -0.39 is 0 Å². The van der Waals surface area contributed by atoms with Crippen molar-refractivity contribution in [3.8, 4) is 5.75 Å². The van der Waals surface area contributed by atoms with Gasteiger partial charge in [-0.1, -0.05) is 30.3 Å². The Morgan fingerprint density at radius 1 is 1.00 bits per heavy atom. The standard InChI is InChI=1S/C20H23NO3/c1-14-8-9-16(12-15(14)2)18(22)10-11-20(23)21-13-17-6-4-5-7-19(17)24-3/h4-9,12H,10-11,13H2,1-3H3,(H,21,23). The molecule has 0 aliphatic heterocycles. The molecule has 4 nitrogen and oxygen atoms in total. The molecule has 1 N–H and O–H groups in total. The average Bonchev–Trinajstić information content (AvgIpc) is 2.60. The fraction of sp³-hybridized carbons (Fsp3) is 0.300. The molecule has 0 aliphatic carbocycles. The first kappa shape index (κ1) is 17.7. The fourth-order valence-corrected chi connectivity index (χ4v) is 2.42. The normalized spacial score (nSPS) is 10.3. The lowest BCUT2D eigenvalue weighted by Crippen LogP contribution is -2.23. The van der Waals surface area contributed by atoms with Crippen molar-refractivity contribution in [2.45, 2.75) is 33.2 Å². The molecule has 0 saturated heterocycles. The number of carbonyl (C=O) groups is 2. The summed E-state index contributed by atoms with van der Waals surface area (Å²) in [5.41, 5.74) is 3.81. The van der Waals surface area contributed by atoms with E-state index in [4.69, 9.17) is 4.74 Å². The van der Waals surface area contributed by atoms with E-state index in [9.17, 15) is 9.59 Å². The number of nitrogens with one attached hydrogen (secondary N) is 1. The number of aryl methyl sites for hydroxylation is 2. The Morgan fingerprint density at radius 3 is 2.46 bits per heavy atom. The predicted molar refractivity (Wildman–Crippen MR) is 94.3 cm³/mol. The molecule has 0 heterocycles. The molecule has 4 heteroatoms. The molecule has 0 radical (unpaired) electrons. The zero-order chi connectivity index (χ0) is 17.5. The predicted octanol–water partition coefficient (Wildman–Crippen LogP) is 3.59. The average molecular weight is 325 g/mol. The van der Waals surface area contributed by atoms with Crippen LogP contribution in [-0.4, -0.2) is 18.8 Å². The van der Waals surface area contributed by atoms with Gasteiger partial charge in [-0.15, -0.1) is 0 Å². The third kappa shape index (κ3) is 4.69. The Hall–Kier alpha value is -2.62. The molecule has 2 aromatic rings. The lowest BCUT2D eigenvalue weighted by Gasteiger charge is -2.09. The molecule has 0 aromatic heterocycles. The second-order valence-electron chi connectivity index (χ2n) is 5.81. The van der Waals surface area contributed by atoms with E-state index in [0.29, 0.717) is 12.1 Å². The molecule has 0 atom stereocenters. The van der Waals surface area contributed by atoms with Gasteiger partial charge in [-0.3, -0.25) is 9.59 Å². The van der Waals surface area contributed by atoms with Crippen LogP contribution in [0.2, 0.25) is 0 Å². The van der Waals surface area contributed by atoms with Crippen molar-refractivity contribution in [2.75, 3.05) is 7.11 Å². The Bertz CT molecular complexity index is 737. The first-order chi connectivity index (χ1) is 11.5. The molecule has 126 valence electrons. The van der Waals surface area contributed by atoms with E-state index in [2.05, 4.69) is 5.32 Å². The van der Waals surface area contributed by atoms with Gasteiger partial charge in [0.15, 0.2) is 5.78 Å². The number of hydrogen-bond donors (Lipinski definition) is 1. The van der Waals surface area contributed by atoms with E-state index in [1.165, 1.54) is 0 Å². The molecule has 0 aliphatic rings. The van der Waals surface area contributed by atoms with Crippen LogP contribution in [0.1, 0.15) is 39.9 Å². The molecule has 0 unspecified atom stereocenters. The monoisotopic (exact) mass is 325 g/mol. The van der Waals surface area contributed by atoms with Gasteiger partial charge in [-0.2, -0.15) is 0 Å². The van der Waals surface area contributed by atoms with Gasteiger partial charge >= 0.3 is 0 Å². The summed E-state index contributed by atoms with van der Waals surface area (Å²) in [5.74, 6) is 0.590. The second-order valence-corrected chi connectivity index (χ2v) is 5.81. The second kappa shape index (κ2) is 8.29. The molecule has 0 fully saturated rings. The maximum Gasteiger partial charge on any atom is 0.220 e. The van der Waals surface area contributed by atoms with Crippen molar-refractivity contribution >= 4 is 11.7 Å². The van der Waals surface area contributed by atoms with Crippen LogP contribution in [0.3, 0.4) is 0 Å². The highest BCUT2D eigenvalue weighted by Gasteiger charge is 2.11. The minimum atomic E-state index is -0.141. The number of rotatable bonds is 7. The van der Waals surface area contributed by atoms with Gasteiger partial charge in [-0.25, -0.2) is 0 Å². The quantitative estimate of drug-likeness (QED) is 0.792. The summed E-state index contributed by atoms with van der Waals surface area (Å²) in [6.07, 6.45) is 0.390. The van der Waals surface area contributed by atoms with Gasteiger partial charge in [0.25, 0.3) is 0 Å². The van der Waals surface area contributed by atoms with Crippen molar-refractivity contribution in [1.29, 1.82) is 0 Å². The van der Waals surface area contributed by atoms with Crippen molar-refractivity contribution in [3.05, 3.63) is 64.7 Å². The Balaban J connectivity index is 1.84. The highest BCUT2D eigenvalue weighted by Crippen LogP contribution is 2.17. The lowest BCUT2D eigenvalue weighted by atomic mass is 10.0. The topological polar surface area (TPSA) is 55.4 Å². The zero-order valence-electron chi connectivity index (χ0n) is 14.4. The number of benzene rings is 2. The van der Waals surface area contributed by atoms with Gasteiger partial charge in [-0.05, 0) is 37.1 Å². The van der Waals surface area contributed by atoms with E-state index in [-0.39, 0.29) is 24.5 Å². The summed E-state index contributed by atoms with van der Waals surface area (Å²) >= 11 is 0. The first-order valence-corrected chi connectivity index (χ1v) is 8.00. The smallest absolute Gasteiger partial charge is 0.220 e. The van der Waals surface area contributed by atoms with Crippen molar-refractivity contribution in [3.63, 3.8) is 0 Å². The van der Waals surface area contributed by atoms with Crippen LogP contribution in [0.15, 0.2) is 42.5 Å². The molecular formula is C20H23NO3. The Labute approximate surface area is 142 Å². The number of para-hydroxylation sites is 1. The summed E-state index contributed by atoms with van der Waals surface area (Å²) in [5, 5.41) is 2.83. The Kier molecular flexibility index (Phi) is 6.13. The third-order valence-electron chi connectivity index (χ3n) is 4.08. The summed E-state index contributed by atoms with van der Waals surface area (Å²) in [7, 11) is 1.60. The molecule has 0 bridgehead atoms. The van der Waals surface area contributed by atoms with Gasteiger partial charge in [0.05, 0.1) is 7.11 Å². The molecule has 0 spiro atoms. The molecule has 1 amide bonds. The van der Waals surface area contributed by atoms with Gasteiger partial charge in [0, 0.05) is 30.5 Å². The minimum absolute atomic E-state index is 0.00876. The fourth-order valence-electron chi connectivity index (χ4n) is 2.42. The number of Topliss-reactive ketones (excluding diaryl/α,β-unsaturated/α-hetero) is 1. The van der Waals surface area contributed by atoms with Crippen LogP contribution in [-0.2, 0) is 11.3 Å². The van der Waals surface area contributed by atoms with Crippen LogP contribution in [0, 0.1) is 13.8 Å². The highest BCUT2D eigenvalue weighted by atomic mass is 16.5. The van der Waals surface area contributed by atoms with Crippen LogP contribution in [0.5, 0.6) is 5.75 Å². The molecule has 24 heavy (non-hydrogen) atoms. The number of ketones is 1.